The lowest BCUT2D eigenvalue weighted by Crippen LogP contribution is -2.31. The van der Waals surface area contributed by atoms with Crippen molar-refractivity contribution in [1.29, 1.82) is 0 Å². The summed E-state index contributed by atoms with van der Waals surface area (Å²) in [5.41, 5.74) is 0. The van der Waals surface area contributed by atoms with E-state index in [0.717, 1.165) is 6.42 Å². The molecule has 0 saturated carbocycles. The van der Waals surface area contributed by atoms with E-state index < -0.39 is 0 Å². The molecule has 3 nitrogen and oxygen atoms in total. The summed E-state index contributed by atoms with van der Waals surface area (Å²) in [6.45, 7) is 8.52. The number of hydrogen-bond acceptors (Lipinski definition) is 2. The molecule has 0 aromatic rings. The Morgan fingerprint density at radius 3 is 2.42 bits per heavy atom. The van der Waals surface area contributed by atoms with E-state index in [1.54, 1.807) is 0 Å². The van der Waals surface area contributed by atoms with E-state index in [1.165, 1.54) is 0 Å². The van der Waals surface area contributed by atoms with E-state index in [9.17, 15) is 4.79 Å². The first-order chi connectivity index (χ1) is 5.52. The van der Waals surface area contributed by atoms with E-state index in [0.29, 0.717) is 12.5 Å². The van der Waals surface area contributed by atoms with Crippen molar-refractivity contribution in [2.45, 2.75) is 40.2 Å². The van der Waals surface area contributed by atoms with Gasteiger partial charge in [-0.25, -0.2) is 4.79 Å². The molecule has 0 aliphatic heterocycles. The molecular formula is C9H21NO2. The van der Waals surface area contributed by atoms with Gasteiger partial charge in [0.25, 0.3) is 0 Å². The molecule has 74 valence electrons. The van der Waals surface area contributed by atoms with Gasteiger partial charge in [0.1, 0.15) is 0 Å². The van der Waals surface area contributed by atoms with Crippen LogP contribution >= 0.6 is 0 Å². The predicted octanol–water partition coefficient (Wildman–Crippen LogP) is 2.41. The average molecular weight is 175 g/mol. The first kappa shape index (κ1) is 11.3. The number of carbonyl (C=O) groups excluding carboxylic acids is 1. The molecule has 0 atom stereocenters. The molecule has 12 heavy (non-hydrogen) atoms. The van der Waals surface area contributed by atoms with Gasteiger partial charge in [-0.15, -0.1) is 0 Å². The van der Waals surface area contributed by atoms with Crippen molar-refractivity contribution < 1.29 is 11.0 Å². The van der Waals surface area contributed by atoms with Crippen LogP contribution in [0.25, 0.3) is 0 Å². The Morgan fingerprint density at radius 2 is 2.00 bits per heavy atom. The smallest absolute Gasteiger partial charge is 0.407 e. The van der Waals surface area contributed by atoms with Crippen molar-refractivity contribution in [3.8, 4) is 0 Å². The molecule has 0 spiro atoms. The van der Waals surface area contributed by atoms with Gasteiger partial charge in [-0.1, -0.05) is 13.8 Å². The SMILES string of the molecule is CC(C)CCOC(=O)NC(C)C.[HH]. The number of alkyl carbamates (subject to hydrolysis) is 1. The van der Waals surface area contributed by atoms with Gasteiger partial charge in [-0.3, -0.25) is 0 Å². The fourth-order valence-electron chi connectivity index (χ4n) is 0.665. The lowest BCUT2D eigenvalue weighted by molar-refractivity contribution is 0.138. The summed E-state index contributed by atoms with van der Waals surface area (Å²) in [6, 6.07) is 0.150. The van der Waals surface area contributed by atoms with E-state index in [1.807, 2.05) is 13.8 Å². The Kier molecular flexibility index (Phi) is 5.51. The zero-order chi connectivity index (χ0) is 9.56. The van der Waals surface area contributed by atoms with Crippen LogP contribution < -0.4 is 5.32 Å². The molecule has 0 heterocycles. The van der Waals surface area contributed by atoms with Crippen LogP contribution in [-0.4, -0.2) is 18.7 Å². The van der Waals surface area contributed by atoms with Gasteiger partial charge in [-0.2, -0.15) is 0 Å². The molecule has 0 radical (unpaired) electrons. The van der Waals surface area contributed by atoms with Gasteiger partial charge in [0.2, 0.25) is 0 Å². The molecule has 3 heteroatoms. The van der Waals surface area contributed by atoms with Gasteiger partial charge in [0.05, 0.1) is 6.61 Å². The summed E-state index contributed by atoms with van der Waals surface area (Å²) < 4.78 is 4.91. The predicted molar refractivity (Wildman–Crippen MR) is 51.2 cm³/mol. The minimum absolute atomic E-state index is 0. The fourth-order valence-corrected chi connectivity index (χ4v) is 0.665. The van der Waals surface area contributed by atoms with Crippen molar-refractivity contribution in [1.82, 2.24) is 5.32 Å². The number of hydrogen-bond donors (Lipinski definition) is 1. The zero-order valence-corrected chi connectivity index (χ0v) is 8.39. The van der Waals surface area contributed by atoms with Crippen LogP contribution in [0.4, 0.5) is 4.79 Å². The number of rotatable bonds is 4. The normalized spacial score (nSPS) is 10.5. The molecule has 0 unspecified atom stereocenters. The lowest BCUT2D eigenvalue weighted by atomic mass is 10.1. The number of amides is 1. The standard InChI is InChI=1S/C9H19NO2.H2/c1-7(2)5-6-12-9(11)10-8(3)4;/h7-8H,5-6H2,1-4H3,(H,10,11);1H. The maximum absolute atomic E-state index is 10.9. The van der Waals surface area contributed by atoms with Crippen LogP contribution in [0.3, 0.4) is 0 Å². The second-order valence-electron chi connectivity index (χ2n) is 3.62. The van der Waals surface area contributed by atoms with E-state index in [-0.39, 0.29) is 13.6 Å². The quantitative estimate of drug-likeness (QED) is 0.712. The minimum atomic E-state index is -0.314. The summed E-state index contributed by atoms with van der Waals surface area (Å²) in [4.78, 5) is 10.9. The molecule has 0 aliphatic rings. The molecule has 0 aromatic carbocycles. The number of ether oxygens (including phenoxy) is 1. The highest BCUT2D eigenvalue weighted by Crippen LogP contribution is 1.98. The van der Waals surface area contributed by atoms with Crippen LogP contribution in [0.15, 0.2) is 0 Å². The highest BCUT2D eigenvalue weighted by Gasteiger charge is 2.03. The van der Waals surface area contributed by atoms with Crippen molar-refractivity contribution in [2.24, 2.45) is 5.92 Å². The Hall–Kier alpha value is -0.730. The molecule has 0 fully saturated rings. The summed E-state index contributed by atoms with van der Waals surface area (Å²) in [5, 5.41) is 2.66. The van der Waals surface area contributed by atoms with Gasteiger partial charge < -0.3 is 10.1 Å². The van der Waals surface area contributed by atoms with Crippen LogP contribution in [0.5, 0.6) is 0 Å². The maximum Gasteiger partial charge on any atom is 0.407 e. The zero-order valence-electron chi connectivity index (χ0n) is 8.39. The Labute approximate surface area is 76.0 Å². The number of nitrogens with one attached hydrogen (secondary N) is 1. The van der Waals surface area contributed by atoms with Crippen LogP contribution in [-0.2, 0) is 4.74 Å². The third-order valence-corrected chi connectivity index (χ3v) is 1.33. The lowest BCUT2D eigenvalue weighted by Gasteiger charge is -2.09. The van der Waals surface area contributed by atoms with Crippen molar-refractivity contribution >= 4 is 6.09 Å². The van der Waals surface area contributed by atoms with Crippen molar-refractivity contribution in [3.63, 3.8) is 0 Å². The van der Waals surface area contributed by atoms with Crippen LogP contribution in [0, 0.1) is 5.92 Å². The van der Waals surface area contributed by atoms with E-state index >= 15 is 0 Å². The molecular weight excluding hydrogens is 154 g/mol. The third kappa shape index (κ3) is 7.38. The highest BCUT2D eigenvalue weighted by molar-refractivity contribution is 5.67. The first-order valence-corrected chi connectivity index (χ1v) is 4.45. The van der Waals surface area contributed by atoms with E-state index in [4.69, 9.17) is 4.74 Å². The monoisotopic (exact) mass is 175 g/mol. The molecule has 0 rings (SSSR count). The van der Waals surface area contributed by atoms with Crippen molar-refractivity contribution in [2.75, 3.05) is 6.61 Å². The fraction of sp³-hybridized carbons (Fsp3) is 0.889. The summed E-state index contributed by atoms with van der Waals surface area (Å²) in [5.74, 6) is 0.580. The summed E-state index contributed by atoms with van der Waals surface area (Å²) >= 11 is 0. The summed E-state index contributed by atoms with van der Waals surface area (Å²) in [7, 11) is 0. The third-order valence-electron chi connectivity index (χ3n) is 1.33. The van der Waals surface area contributed by atoms with Crippen LogP contribution in [0.2, 0.25) is 0 Å². The molecule has 1 N–H and O–H groups in total. The molecule has 1 amide bonds. The molecule has 0 aromatic heterocycles. The van der Waals surface area contributed by atoms with Gasteiger partial charge in [0, 0.05) is 7.47 Å². The van der Waals surface area contributed by atoms with E-state index in [2.05, 4.69) is 19.2 Å². The van der Waals surface area contributed by atoms with Crippen molar-refractivity contribution in [3.05, 3.63) is 0 Å². The molecule has 0 saturated heterocycles. The van der Waals surface area contributed by atoms with Gasteiger partial charge >= 0.3 is 6.09 Å². The second-order valence-corrected chi connectivity index (χ2v) is 3.62. The Bertz CT molecular complexity index is 138. The average Bonchev–Trinajstić information content (AvgIpc) is 1.84. The minimum Gasteiger partial charge on any atom is -0.450 e. The second kappa shape index (κ2) is 5.86. The highest BCUT2D eigenvalue weighted by atomic mass is 16.5. The Balaban J connectivity index is 0. The molecule has 0 aliphatic carbocycles. The largest absolute Gasteiger partial charge is 0.450 e. The maximum atomic E-state index is 10.9. The van der Waals surface area contributed by atoms with Gasteiger partial charge in [0.15, 0.2) is 0 Å². The number of carbonyl (C=O) groups is 1. The Morgan fingerprint density at radius 1 is 1.42 bits per heavy atom. The summed E-state index contributed by atoms with van der Waals surface area (Å²) in [6.07, 6.45) is 0.608. The van der Waals surface area contributed by atoms with Crippen LogP contribution in [0.1, 0.15) is 35.5 Å². The molecule has 0 bridgehead atoms. The van der Waals surface area contributed by atoms with Gasteiger partial charge in [-0.05, 0) is 26.2 Å². The topological polar surface area (TPSA) is 38.3 Å². The first-order valence-electron chi connectivity index (χ1n) is 4.45.